The van der Waals surface area contributed by atoms with E-state index in [2.05, 4.69) is 36.1 Å². The molecule has 0 atom stereocenters. The Labute approximate surface area is 73.0 Å². The van der Waals surface area contributed by atoms with Crippen molar-refractivity contribution in [3.05, 3.63) is 0 Å². The molecule has 0 fully saturated rings. The van der Waals surface area contributed by atoms with Crippen molar-refractivity contribution in [1.82, 2.24) is 0 Å². The van der Waals surface area contributed by atoms with Gasteiger partial charge in [0.15, 0.2) is 0 Å². The molecule has 0 saturated heterocycles. The molecular weight excluding hydrogens is 187 g/mol. The molecule has 1 nitrogen and oxygen atoms in total. The fourth-order valence-corrected chi connectivity index (χ4v) is 2.25. The van der Waals surface area contributed by atoms with Crippen LogP contribution in [-0.4, -0.2) is 13.6 Å². The minimum atomic E-state index is 0.137. The second kappa shape index (κ2) is 12.0. The molecule has 0 aromatic rings. The maximum atomic E-state index is 8.54. The average molecular weight is 202 g/mol. The molecule has 0 aliphatic carbocycles. The van der Waals surface area contributed by atoms with Gasteiger partial charge in [-0.15, -0.1) is 0 Å². The quantitative estimate of drug-likeness (QED) is 0.641. The molecule has 0 saturated carbocycles. The van der Waals surface area contributed by atoms with Gasteiger partial charge in [-0.1, -0.05) is 38.9 Å². The summed E-state index contributed by atoms with van der Waals surface area (Å²) in [5.74, 6) is 0. The Balaban J connectivity index is 0. The third-order valence-corrected chi connectivity index (χ3v) is 4.50. The van der Waals surface area contributed by atoms with Crippen LogP contribution in [-0.2, 0) is 20.1 Å². The fourth-order valence-electron chi connectivity index (χ4n) is 0.750. The van der Waals surface area contributed by atoms with Crippen LogP contribution in [0.2, 0.25) is 18.1 Å². The van der Waals surface area contributed by atoms with Crippen molar-refractivity contribution in [2.45, 2.75) is 38.9 Å². The monoisotopic (exact) mass is 202 g/mol. The van der Waals surface area contributed by atoms with Crippen LogP contribution in [0.1, 0.15) is 20.8 Å². The second-order valence-corrected chi connectivity index (χ2v) is 5.71. The van der Waals surface area contributed by atoms with Gasteiger partial charge in [-0.2, -0.15) is 0 Å². The third kappa shape index (κ3) is 11.1. The van der Waals surface area contributed by atoms with Gasteiger partial charge in [0.2, 0.25) is 0 Å². The molecule has 0 amide bonds. The first-order valence-electron chi connectivity index (χ1n) is 3.55. The van der Waals surface area contributed by atoms with Crippen LogP contribution >= 0.6 is 0 Å². The Morgan fingerprint density at radius 3 is 1.40 bits per heavy atom. The van der Waals surface area contributed by atoms with Crippen LogP contribution in [0.25, 0.3) is 0 Å². The molecule has 0 spiro atoms. The van der Waals surface area contributed by atoms with Crippen LogP contribution in [0.15, 0.2) is 0 Å². The van der Waals surface area contributed by atoms with Gasteiger partial charge in [-0.3, -0.25) is 0 Å². The number of carbonyl (C=O) groups excluding carboxylic acids is 1. The van der Waals surface area contributed by atoms with E-state index in [1.807, 2.05) is 0 Å². The van der Waals surface area contributed by atoms with Crippen LogP contribution < -0.4 is 0 Å². The summed E-state index contributed by atoms with van der Waals surface area (Å²) in [7, 11) is 0.137. The Bertz CT molecular complexity index is 80.1. The average Bonchev–Trinajstić information content (AvgIpc) is 1.93. The Morgan fingerprint density at radius 2 is 1.40 bits per heavy atom. The van der Waals surface area contributed by atoms with Gasteiger partial charge in [0.05, 0.1) is 0 Å². The van der Waals surface area contributed by atoms with E-state index in [0.29, 0.717) is 0 Å². The molecular formula is C7H15CoOSi. The van der Waals surface area contributed by atoms with E-state index in [1.54, 1.807) is 0 Å². The number of hydrogen-bond acceptors (Lipinski definition) is 1. The maximum absolute atomic E-state index is 8.54. The van der Waals surface area contributed by atoms with Crippen LogP contribution in [0, 0.1) is 0 Å². The summed E-state index contributed by atoms with van der Waals surface area (Å²) in [6.45, 7) is 6.92. The molecule has 62 valence electrons. The molecule has 0 aromatic carbocycles. The van der Waals surface area contributed by atoms with E-state index >= 15 is 0 Å². The normalized spacial score (nSPS) is 8.10. The standard InChI is InChI=1S/C6H15Si.CO.Co/c1-4-7(5-2)6-3;1-2;/h4-6H2,1-3H3;;. The van der Waals surface area contributed by atoms with E-state index in [9.17, 15) is 0 Å². The van der Waals surface area contributed by atoms with E-state index in [4.69, 9.17) is 4.79 Å². The van der Waals surface area contributed by atoms with Gasteiger partial charge in [0.1, 0.15) is 0 Å². The minimum absolute atomic E-state index is 0.137. The molecule has 0 aliphatic heterocycles. The van der Waals surface area contributed by atoms with Crippen LogP contribution in [0.3, 0.4) is 0 Å². The summed E-state index contributed by atoms with van der Waals surface area (Å²) >= 11 is 3.02. The van der Waals surface area contributed by atoms with Gasteiger partial charge in [-0.25, -0.2) is 0 Å². The molecule has 0 aliphatic rings. The van der Waals surface area contributed by atoms with Crippen LogP contribution in [0.4, 0.5) is 0 Å². The molecule has 0 N–H and O–H groups in total. The molecule has 0 heterocycles. The summed E-state index contributed by atoms with van der Waals surface area (Å²) in [5.41, 5.74) is 0. The molecule has 1 radical (unpaired) electrons. The topological polar surface area (TPSA) is 17.1 Å². The summed E-state index contributed by atoms with van der Waals surface area (Å²) in [6.07, 6.45) is 0. The first kappa shape index (κ1) is 12.9. The van der Waals surface area contributed by atoms with Gasteiger partial charge < -0.3 is 0 Å². The molecule has 0 rings (SSSR count). The number of hydrogen-bond donors (Lipinski definition) is 0. The predicted octanol–water partition coefficient (Wildman–Crippen LogP) is 2.14. The Hall–Kier alpha value is 0.303. The van der Waals surface area contributed by atoms with E-state index in [0.717, 1.165) is 0 Å². The number of rotatable bonds is 3. The van der Waals surface area contributed by atoms with Crippen molar-refractivity contribution in [2.75, 3.05) is 0 Å². The molecule has 10 heavy (non-hydrogen) atoms. The van der Waals surface area contributed by atoms with Gasteiger partial charge in [-0.05, 0) is 0 Å². The zero-order valence-electron chi connectivity index (χ0n) is 6.86. The van der Waals surface area contributed by atoms with Crippen molar-refractivity contribution in [2.24, 2.45) is 0 Å². The first-order valence-corrected chi connectivity index (χ1v) is 6.19. The summed E-state index contributed by atoms with van der Waals surface area (Å²) in [5, 5.41) is 0. The van der Waals surface area contributed by atoms with E-state index in [-0.39, 0.29) is 8.80 Å². The molecule has 3 heteroatoms. The fraction of sp³-hybridized carbons (Fsp3) is 0.857. The SMILES string of the molecule is CC[Si](CC)CC.O=[C]=[Co]. The molecule has 0 bridgehead atoms. The van der Waals surface area contributed by atoms with Gasteiger partial charge >= 0.3 is 24.9 Å². The van der Waals surface area contributed by atoms with Gasteiger partial charge in [0.25, 0.3) is 0 Å². The molecule has 0 unspecified atom stereocenters. The first-order chi connectivity index (χ1) is 4.76. The summed E-state index contributed by atoms with van der Waals surface area (Å²) < 4.78 is 0. The summed E-state index contributed by atoms with van der Waals surface area (Å²) in [6, 6.07) is 4.37. The van der Waals surface area contributed by atoms with Crippen molar-refractivity contribution < 1.29 is 20.1 Å². The predicted molar refractivity (Wildman–Crippen MR) is 42.9 cm³/mol. The van der Waals surface area contributed by atoms with Gasteiger partial charge in [0, 0.05) is 8.80 Å². The van der Waals surface area contributed by atoms with E-state index in [1.165, 1.54) is 23.0 Å². The van der Waals surface area contributed by atoms with Crippen molar-refractivity contribution >= 4 is 13.6 Å². The van der Waals surface area contributed by atoms with Crippen LogP contribution in [0.5, 0.6) is 0 Å². The van der Waals surface area contributed by atoms with Crippen molar-refractivity contribution in [3.63, 3.8) is 0 Å². The van der Waals surface area contributed by atoms with Crippen molar-refractivity contribution in [3.8, 4) is 0 Å². The third-order valence-electron chi connectivity index (χ3n) is 1.50. The second-order valence-electron chi connectivity index (χ2n) is 1.88. The van der Waals surface area contributed by atoms with Crippen molar-refractivity contribution in [1.29, 1.82) is 0 Å². The summed E-state index contributed by atoms with van der Waals surface area (Å²) in [4.78, 5) is 9.73. The molecule has 0 aromatic heterocycles. The Morgan fingerprint density at radius 1 is 1.20 bits per heavy atom. The van der Waals surface area contributed by atoms with E-state index < -0.39 is 0 Å². The Kier molecular flexibility index (Phi) is 15.6. The zero-order chi connectivity index (χ0) is 8.41. The zero-order valence-corrected chi connectivity index (χ0v) is 8.90.